The van der Waals surface area contributed by atoms with Crippen molar-refractivity contribution in [3.8, 4) is 0 Å². The zero-order chi connectivity index (χ0) is 27.1. The van der Waals surface area contributed by atoms with Crippen molar-refractivity contribution in [2.75, 3.05) is 36.8 Å². The van der Waals surface area contributed by atoms with E-state index in [1.165, 1.54) is 17.4 Å². The highest BCUT2D eigenvalue weighted by Gasteiger charge is 2.26. The van der Waals surface area contributed by atoms with Crippen LogP contribution in [0, 0.1) is 5.92 Å². The molecule has 1 fully saturated rings. The molecule has 1 N–H and O–H groups in total. The van der Waals surface area contributed by atoms with Crippen molar-refractivity contribution in [1.29, 1.82) is 0 Å². The van der Waals surface area contributed by atoms with Crippen molar-refractivity contribution < 1.29 is 9.59 Å². The summed E-state index contributed by atoms with van der Waals surface area (Å²) in [5.74, 6) is 1.16. The molecule has 4 rings (SSSR count). The minimum absolute atomic E-state index is 0.0978. The predicted octanol–water partition coefficient (Wildman–Crippen LogP) is 4.91. The molecule has 0 saturated carbocycles. The van der Waals surface area contributed by atoms with Crippen LogP contribution < -0.4 is 10.2 Å². The monoisotopic (exact) mass is 554 g/mol. The van der Waals surface area contributed by atoms with E-state index in [0.717, 1.165) is 13.1 Å². The molecule has 0 radical (unpaired) electrons. The largest absolute Gasteiger partial charge is 0.368 e. The van der Waals surface area contributed by atoms with Crippen LogP contribution in [-0.2, 0) is 11.3 Å². The summed E-state index contributed by atoms with van der Waals surface area (Å²) in [6.07, 6.45) is 0.698. The number of piperazine rings is 1. The number of carbonyl (C=O) groups excluding carboxylic acids is 2. The summed E-state index contributed by atoms with van der Waals surface area (Å²) < 4.78 is 1.99. The molecular weight excluding hydrogens is 520 g/mol. The maximum Gasteiger partial charge on any atom is 0.253 e. The van der Waals surface area contributed by atoms with Gasteiger partial charge in [-0.05, 0) is 43.5 Å². The molecule has 1 aromatic heterocycles. The lowest BCUT2D eigenvalue weighted by Crippen LogP contribution is -2.49. The van der Waals surface area contributed by atoms with E-state index in [4.69, 9.17) is 11.6 Å². The van der Waals surface area contributed by atoms with E-state index in [2.05, 4.69) is 46.4 Å². The number of rotatable bonds is 10. The van der Waals surface area contributed by atoms with Crippen molar-refractivity contribution >= 4 is 40.9 Å². The topological polar surface area (TPSA) is 83.4 Å². The van der Waals surface area contributed by atoms with Crippen LogP contribution in [0.1, 0.15) is 49.4 Å². The summed E-state index contributed by atoms with van der Waals surface area (Å²) in [6, 6.07) is 17.0. The highest BCUT2D eigenvalue weighted by molar-refractivity contribution is 7.99. The molecule has 0 bridgehead atoms. The summed E-state index contributed by atoms with van der Waals surface area (Å²) in [5.41, 5.74) is 1.62. The summed E-state index contributed by atoms with van der Waals surface area (Å²) in [6.45, 7) is 9.89. The van der Waals surface area contributed by atoms with Gasteiger partial charge >= 0.3 is 0 Å². The number of carbonyl (C=O) groups is 2. The number of benzene rings is 2. The van der Waals surface area contributed by atoms with Crippen LogP contribution in [0.25, 0.3) is 0 Å². The molecule has 3 aromatic rings. The highest BCUT2D eigenvalue weighted by Crippen LogP contribution is 2.26. The standard InChI is InChI=1S/C28H35ClN6O2S/c1-4-35-26(24(18-20(2)3)30-27(37)22-12-8-9-13-23(22)29)31-32-28(35)38-19-25(36)34-16-14-33(15-17-34)21-10-6-5-7-11-21/h5-13,20,24H,4,14-19H2,1-3H3,(H,30,37). The first-order chi connectivity index (χ1) is 18.4. The molecule has 1 unspecified atom stereocenters. The summed E-state index contributed by atoms with van der Waals surface area (Å²) >= 11 is 7.65. The van der Waals surface area contributed by atoms with Crippen LogP contribution in [0.2, 0.25) is 5.02 Å². The third-order valence-electron chi connectivity index (χ3n) is 6.58. The molecule has 1 atom stereocenters. The van der Waals surface area contributed by atoms with Crippen LogP contribution in [-0.4, -0.2) is 63.4 Å². The molecule has 0 spiro atoms. The van der Waals surface area contributed by atoms with E-state index in [-0.39, 0.29) is 17.9 Å². The number of thioether (sulfide) groups is 1. The number of hydrogen-bond acceptors (Lipinski definition) is 6. The molecule has 2 aromatic carbocycles. The molecular formula is C28H35ClN6O2S. The zero-order valence-corrected chi connectivity index (χ0v) is 23.7. The average Bonchev–Trinajstić information content (AvgIpc) is 3.35. The van der Waals surface area contributed by atoms with Gasteiger partial charge in [-0.3, -0.25) is 9.59 Å². The van der Waals surface area contributed by atoms with Crippen LogP contribution in [0.3, 0.4) is 0 Å². The predicted molar refractivity (Wildman–Crippen MR) is 153 cm³/mol. The number of anilines is 1. The number of amides is 2. The fourth-order valence-electron chi connectivity index (χ4n) is 4.61. The van der Waals surface area contributed by atoms with Crippen LogP contribution >= 0.6 is 23.4 Å². The Labute approximate surface area is 233 Å². The van der Waals surface area contributed by atoms with E-state index < -0.39 is 0 Å². The number of para-hydroxylation sites is 1. The van der Waals surface area contributed by atoms with Gasteiger partial charge in [-0.15, -0.1) is 10.2 Å². The van der Waals surface area contributed by atoms with E-state index in [1.807, 2.05) is 34.6 Å². The number of nitrogens with zero attached hydrogens (tertiary/aromatic N) is 5. The molecule has 2 heterocycles. The van der Waals surface area contributed by atoms with Crippen LogP contribution in [0.15, 0.2) is 59.8 Å². The first-order valence-electron chi connectivity index (χ1n) is 13.1. The molecule has 1 aliphatic heterocycles. The van der Waals surface area contributed by atoms with E-state index in [0.29, 0.717) is 59.3 Å². The minimum Gasteiger partial charge on any atom is -0.368 e. The Morgan fingerprint density at radius 2 is 1.68 bits per heavy atom. The van der Waals surface area contributed by atoms with Crippen molar-refractivity contribution in [1.82, 2.24) is 25.0 Å². The summed E-state index contributed by atoms with van der Waals surface area (Å²) in [5, 5.41) is 13.1. The maximum atomic E-state index is 13.0. The van der Waals surface area contributed by atoms with Crippen molar-refractivity contribution in [2.24, 2.45) is 5.92 Å². The molecule has 2 amide bonds. The van der Waals surface area contributed by atoms with Crippen LogP contribution in [0.5, 0.6) is 0 Å². The molecule has 8 nitrogen and oxygen atoms in total. The van der Waals surface area contributed by atoms with E-state index >= 15 is 0 Å². The number of nitrogens with one attached hydrogen (secondary N) is 1. The Hall–Kier alpha value is -3.04. The van der Waals surface area contributed by atoms with E-state index in [9.17, 15) is 9.59 Å². The third-order valence-corrected chi connectivity index (χ3v) is 7.86. The lowest BCUT2D eigenvalue weighted by Gasteiger charge is -2.36. The van der Waals surface area contributed by atoms with Gasteiger partial charge in [0.1, 0.15) is 0 Å². The SMILES string of the molecule is CCn1c(SCC(=O)N2CCN(c3ccccc3)CC2)nnc1C(CC(C)C)NC(=O)c1ccccc1Cl. The molecule has 0 aliphatic carbocycles. The first-order valence-corrected chi connectivity index (χ1v) is 14.4. The molecule has 10 heteroatoms. The Bertz CT molecular complexity index is 1230. The highest BCUT2D eigenvalue weighted by atomic mass is 35.5. The fourth-order valence-corrected chi connectivity index (χ4v) is 5.75. The first kappa shape index (κ1) is 28.0. The smallest absolute Gasteiger partial charge is 0.253 e. The van der Waals surface area contributed by atoms with Crippen LogP contribution in [0.4, 0.5) is 5.69 Å². The summed E-state index contributed by atoms with van der Waals surface area (Å²) in [4.78, 5) is 30.3. The Balaban J connectivity index is 1.39. The van der Waals surface area contributed by atoms with Gasteiger partial charge in [0.05, 0.1) is 22.4 Å². The normalized spacial score (nSPS) is 14.6. The van der Waals surface area contributed by atoms with Crippen molar-refractivity contribution in [3.63, 3.8) is 0 Å². The van der Waals surface area contributed by atoms with Gasteiger partial charge < -0.3 is 19.7 Å². The molecule has 1 aliphatic rings. The number of hydrogen-bond donors (Lipinski definition) is 1. The average molecular weight is 555 g/mol. The van der Waals surface area contributed by atoms with Gasteiger partial charge in [0, 0.05) is 38.4 Å². The molecule has 202 valence electrons. The van der Waals surface area contributed by atoms with Gasteiger partial charge in [0.2, 0.25) is 5.91 Å². The summed E-state index contributed by atoms with van der Waals surface area (Å²) in [7, 11) is 0. The fraction of sp³-hybridized carbons (Fsp3) is 0.429. The lowest BCUT2D eigenvalue weighted by atomic mass is 10.0. The second-order valence-corrected chi connectivity index (χ2v) is 11.1. The van der Waals surface area contributed by atoms with Gasteiger partial charge in [-0.2, -0.15) is 0 Å². The Morgan fingerprint density at radius 1 is 1.00 bits per heavy atom. The van der Waals surface area contributed by atoms with Gasteiger partial charge in [-0.25, -0.2) is 0 Å². The quantitative estimate of drug-likeness (QED) is 0.359. The number of halogens is 1. The van der Waals surface area contributed by atoms with Gasteiger partial charge in [-0.1, -0.05) is 67.5 Å². The van der Waals surface area contributed by atoms with Crippen molar-refractivity contribution in [3.05, 3.63) is 71.0 Å². The Kier molecular flexibility index (Phi) is 9.69. The lowest BCUT2D eigenvalue weighted by molar-refractivity contribution is -0.128. The van der Waals surface area contributed by atoms with Gasteiger partial charge in [0.25, 0.3) is 5.91 Å². The minimum atomic E-state index is -0.331. The second-order valence-electron chi connectivity index (χ2n) is 9.71. The third kappa shape index (κ3) is 6.88. The van der Waals surface area contributed by atoms with Gasteiger partial charge in [0.15, 0.2) is 11.0 Å². The molecule has 38 heavy (non-hydrogen) atoms. The van der Waals surface area contributed by atoms with E-state index in [1.54, 1.807) is 24.3 Å². The second kappa shape index (κ2) is 13.2. The number of aromatic nitrogens is 3. The van der Waals surface area contributed by atoms with Crippen molar-refractivity contribution in [2.45, 2.75) is 44.9 Å². The maximum absolute atomic E-state index is 13.0. The molecule has 1 saturated heterocycles. The Morgan fingerprint density at radius 3 is 2.34 bits per heavy atom. The zero-order valence-electron chi connectivity index (χ0n) is 22.1.